The maximum absolute atomic E-state index is 13.0. The van der Waals surface area contributed by atoms with Gasteiger partial charge in [-0.15, -0.1) is 0 Å². The van der Waals surface area contributed by atoms with Gasteiger partial charge in [-0.3, -0.25) is 4.79 Å². The zero-order chi connectivity index (χ0) is 18.9. The fourth-order valence-electron chi connectivity index (χ4n) is 3.03. The first-order chi connectivity index (χ1) is 12.5. The fraction of sp³-hybridized carbons (Fsp3) is 0.684. The quantitative estimate of drug-likeness (QED) is 0.730. The predicted molar refractivity (Wildman–Crippen MR) is 98.6 cm³/mol. The molecule has 2 unspecified atom stereocenters. The van der Waals surface area contributed by atoms with Crippen molar-refractivity contribution >= 4 is 11.9 Å². The van der Waals surface area contributed by atoms with Gasteiger partial charge in [0.1, 0.15) is 12.3 Å². The minimum absolute atomic E-state index is 0.0151. The highest BCUT2D eigenvalue weighted by Gasteiger charge is 2.27. The largest absolute Gasteiger partial charge is 0.467 e. The Balaban J connectivity index is 2.07. The van der Waals surface area contributed by atoms with Crippen molar-refractivity contribution in [1.82, 2.24) is 15.1 Å². The summed E-state index contributed by atoms with van der Waals surface area (Å²) in [5, 5.41) is 2.80. The van der Waals surface area contributed by atoms with Crippen LogP contribution < -0.4 is 5.32 Å². The van der Waals surface area contributed by atoms with Gasteiger partial charge in [-0.1, -0.05) is 6.92 Å². The van der Waals surface area contributed by atoms with Gasteiger partial charge in [0, 0.05) is 25.7 Å². The zero-order valence-electron chi connectivity index (χ0n) is 16.1. The number of carbonyl (C=O) groups is 2. The number of amides is 3. The van der Waals surface area contributed by atoms with E-state index in [1.165, 1.54) is 0 Å². The number of nitrogens with one attached hydrogen (secondary N) is 1. The molecule has 0 aromatic carbocycles. The van der Waals surface area contributed by atoms with E-state index >= 15 is 0 Å². The van der Waals surface area contributed by atoms with Gasteiger partial charge in [-0.05, 0) is 45.2 Å². The lowest BCUT2D eigenvalue weighted by molar-refractivity contribution is -0.134. The van der Waals surface area contributed by atoms with Crippen LogP contribution >= 0.6 is 0 Å². The van der Waals surface area contributed by atoms with Gasteiger partial charge >= 0.3 is 6.03 Å². The van der Waals surface area contributed by atoms with E-state index in [-0.39, 0.29) is 30.6 Å². The molecule has 1 aromatic heterocycles. The van der Waals surface area contributed by atoms with Crippen LogP contribution in [0.3, 0.4) is 0 Å². The van der Waals surface area contributed by atoms with E-state index in [2.05, 4.69) is 5.32 Å². The topological polar surface area (TPSA) is 75.0 Å². The summed E-state index contributed by atoms with van der Waals surface area (Å²) in [6.07, 6.45) is 4.41. The van der Waals surface area contributed by atoms with Crippen LogP contribution in [0.4, 0.5) is 4.79 Å². The summed E-state index contributed by atoms with van der Waals surface area (Å²) in [6, 6.07) is 3.44. The summed E-state index contributed by atoms with van der Waals surface area (Å²) in [6.45, 7) is 8.06. The molecule has 7 nitrogen and oxygen atoms in total. The first-order valence-corrected chi connectivity index (χ1v) is 9.51. The van der Waals surface area contributed by atoms with Gasteiger partial charge in [0.05, 0.1) is 18.9 Å². The van der Waals surface area contributed by atoms with Crippen molar-refractivity contribution in [3.8, 4) is 0 Å². The van der Waals surface area contributed by atoms with Gasteiger partial charge in [-0.25, -0.2) is 4.79 Å². The van der Waals surface area contributed by atoms with Crippen LogP contribution in [-0.4, -0.2) is 60.1 Å². The van der Waals surface area contributed by atoms with Crippen LogP contribution in [0.1, 0.15) is 45.8 Å². The monoisotopic (exact) mass is 365 g/mol. The molecule has 1 fully saturated rings. The molecular weight excluding hydrogens is 334 g/mol. The molecule has 1 N–H and O–H groups in total. The average molecular weight is 365 g/mol. The van der Waals surface area contributed by atoms with Crippen molar-refractivity contribution in [3.63, 3.8) is 0 Å². The molecule has 3 amide bonds. The number of rotatable bonds is 9. The first-order valence-electron chi connectivity index (χ1n) is 9.51. The van der Waals surface area contributed by atoms with E-state index in [4.69, 9.17) is 9.15 Å². The van der Waals surface area contributed by atoms with Gasteiger partial charge in [0.2, 0.25) is 5.91 Å². The minimum Gasteiger partial charge on any atom is -0.467 e. The molecule has 146 valence electrons. The molecule has 1 aliphatic heterocycles. The maximum atomic E-state index is 13.0. The Bertz CT molecular complexity index is 555. The van der Waals surface area contributed by atoms with E-state index in [0.717, 1.165) is 31.6 Å². The Morgan fingerprint density at radius 2 is 2.19 bits per heavy atom. The van der Waals surface area contributed by atoms with Gasteiger partial charge in [0.25, 0.3) is 0 Å². The molecule has 0 spiro atoms. The van der Waals surface area contributed by atoms with Crippen LogP contribution in [0, 0.1) is 0 Å². The summed E-state index contributed by atoms with van der Waals surface area (Å²) in [5.41, 5.74) is 0. The molecular formula is C19H31N3O4. The average Bonchev–Trinajstić information content (AvgIpc) is 3.32. The van der Waals surface area contributed by atoms with Crippen molar-refractivity contribution < 1.29 is 18.7 Å². The third-order valence-electron chi connectivity index (χ3n) is 4.74. The van der Waals surface area contributed by atoms with Gasteiger partial charge in [-0.2, -0.15) is 0 Å². The summed E-state index contributed by atoms with van der Waals surface area (Å²) >= 11 is 0. The third-order valence-corrected chi connectivity index (χ3v) is 4.74. The molecule has 2 heterocycles. The molecule has 1 aromatic rings. The smallest absolute Gasteiger partial charge is 0.318 e. The predicted octanol–water partition coefficient (Wildman–Crippen LogP) is 2.62. The highest BCUT2D eigenvalue weighted by Crippen LogP contribution is 2.16. The number of hydrogen-bond donors (Lipinski definition) is 1. The van der Waals surface area contributed by atoms with Crippen LogP contribution in [-0.2, 0) is 16.1 Å². The van der Waals surface area contributed by atoms with Crippen molar-refractivity contribution in [2.24, 2.45) is 0 Å². The van der Waals surface area contributed by atoms with E-state index in [1.54, 1.807) is 16.1 Å². The lowest BCUT2D eigenvalue weighted by Gasteiger charge is -2.31. The van der Waals surface area contributed by atoms with E-state index in [0.29, 0.717) is 19.6 Å². The molecule has 1 saturated heterocycles. The van der Waals surface area contributed by atoms with Crippen molar-refractivity contribution in [3.05, 3.63) is 24.2 Å². The minimum atomic E-state index is -0.203. The Labute approximate surface area is 155 Å². The normalized spacial score (nSPS) is 17.7. The molecule has 1 aliphatic rings. The summed E-state index contributed by atoms with van der Waals surface area (Å²) in [7, 11) is 0. The van der Waals surface area contributed by atoms with Crippen molar-refractivity contribution in [1.29, 1.82) is 0 Å². The van der Waals surface area contributed by atoms with E-state index in [9.17, 15) is 9.59 Å². The van der Waals surface area contributed by atoms with Gasteiger partial charge in [0.15, 0.2) is 0 Å². The lowest BCUT2D eigenvalue weighted by Crippen LogP contribution is -2.51. The van der Waals surface area contributed by atoms with E-state index < -0.39 is 0 Å². The Hall–Kier alpha value is -2.02. The zero-order valence-corrected chi connectivity index (χ0v) is 16.1. The molecule has 0 radical (unpaired) electrons. The molecule has 2 atom stereocenters. The number of ether oxygens (including phenoxy) is 1. The van der Waals surface area contributed by atoms with Gasteiger partial charge < -0.3 is 24.3 Å². The SMILES string of the molecule is CCNC(=O)N(CC(=O)N(Cc1ccco1)CC1CCCO1)C(C)CC. The Morgan fingerprint density at radius 3 is 2.77 bits per heavy atom. The number of nitrogens with zero attached hydrogens (tertiary/aromatic N) is 2. The van der Waals surface area contributed by atoms with Crippen LogP contribution in [0.15, 0.2) is 22.8 Å². The van der Waals surface area contributed by atoms with Crippen LogP contribution in [0.2, 0.25) is 0 Å². The number of hydrogen-bond acceptors (Lipinski definition) is 4. The Morgan fingerprint density at radius 1 is 1.38 bits per heavy atom. The molecule has 0 saturated carbocycles. The molecule has 26 heavy (non-hydrogen) atoms. The lowest BCUT2D eigenvalue weighted by atomic mass is 10.2. The number of carbonyl (C=O) groups excluding carboxylic acids is 2. The standard InChI is InChI=1S/C19H31N3O4/c1-4-15(3)22(19(24)20-5-2)14-18(23)21(12-16-8-6-10-25-16)13-17-9-7-11-26-17/h6,8,10,15,17H,4-5,7,9,11-14H2,1-3H3,(H,20,24). The Kier molecular flexibility index (Phi) is 7.97. The summed E-state index contributed by atoms with van der Waals surface area (Å²) < 4.78 is 11.1. The molecule has 0 bridgehead atoms. The van der Waals surface area contributed by atoms with Crippen LogP contribution in [0.5, 0.6) is 0 Å². The highest BCUT2D eigenvalue weighted by atomic mass is 16.5. The highest BCUT2D eigenvalue weighted by molar-refractivity contribution is 5.84. The van der Waals surface area contributed by atoms with Crippen molar-refractivity contribution in [2.75, 3.05) is 26.2 Å². The molecule has 2 rings (SSSR count). The van der Waals surface area contributed by atoms with Crippen molar-refractivity contribution in [2.45, 2.75) is 58.7 Å². The number of urea groups is 1. The maximum Gasteiger partial charge on any atom is 0.318 e. The van der Waals surface area contributed by atoms with E-state index in [1.807, 2.05) is 32.9 Å². The molecule has 7 heteroatoms. The summed E-state index contributed by atoms with van der Waals surface area (Å²) in [5.74, 6) is 0.632. The second-order valence-electron chi connectivity index (χ2n) is 6.71. The second-order valence-corrected chi connectivity index (χ2v) is 6.71. The second kappa shape index (κ2) is 10.2. The molecule has 0 aliphatic carbocycles. The third kappa shape index (κ3) is 5.76. The summed E-state index contributed by atoms with van der Waals surface area (Å²) in [4.78, 5) is 28.7. The first kappa shape index (κ1) is 20.3. The van der Waals surface area contributed by atoms with Crippen LogP contribution in [0.25, 0.3) is 0 Å². The fourth-order valence-corrected chi connectivity index (χ4v) is 3.03. The number of furan rings is 1.